The first-order valence-corrected chi connectivity index (χ1v) is 17.2. The van der Waals surface area contributed by atoms with Gasteiger partial charge in [-0.25, -0.2) is 4.98 Å². The quantitative estimate of drug-likeness (QED) is 0.141. The van der Waals surface area contributed by atoms with Gasteiger partial charge in [0.25, 0.3) is 0 Å². The standard InChI is InChI=1S/C48H33N/c1-48-27-9-8-13-38(48)24-21-37(30-48)46-41-16-7-6-15-40(41)45(36-20-17-31-10-2-3-12-34(31)28-36)42-25-22-35(29-43(42)46)44-26-23-33-19-18-32-11-4-5-14-39(32)47(33)49-44/h2-29H,30H2,1H3. The Morgan fingerprint density at radius 1 is 0.510 bits per heavy atom. The summed E-state index contributed by atoms with van der Waals surface area (Å²) in [4.78, 5) is 5.32. The van der Waals surface area contributed by atoms with E-state index in [0.29, 0.717) is 0 Å². The molecule has 0 saturated carbocycles. The summed E-state index contributed by atoms with van der Waals surface area (Å²) in [7, 11) is 0. The van der Waals surface area contributed by atoms with Crippen molar-refractivity contribution in [2.75, 3.05) is 0 Å². The maximum absolute atomic E-state index is 5.32. The summed E-state index contributed by atoms with van der Waals surface area (Å²) in [5, 5.41) is 11.2. The van der Waals surface area contributed by atoms with E-state index < -0.39 is 0 Å². The Balaban J connectivity index is 1.28. The lowest BCUT2D eigenvalue weighted by molar-refractivity contribution is 0.535. The van der Waals surface area contributed by atoms with Crippen LogP contribution in [0, 0.1) is 5.41 Å². The van der Waals surface area contributed by atoms with E-state index in [2.05, 4.69) is 177 Å². The molecule has 0 saturated heterocycles. The van der Waals surface area contributed by atoms with Crippen LogP contribution in [0.25, 0.3) is 82.0 Å². The summed E-state index contributed by atoms with van der Waals surface area (Å²) in [5.74, 6) is 0. The molecule has 0 spiro atoms. The van der Waals surface area contributed by atoms with Gasteiger partial charge in [-0.05, 0) is 90.2 Å². The molecular weight excluding hydrogens is 591 g/mol. The molecule has 0 amide bonds. The first kappa shape index (κ1) is 28.0. The Bertz CT molecular complexity index is 2810. The third-order valence-corrected chi connectivity index (χ3v) is 10.8. The van der Waals surface area contributed by atoms with Crippen molar-refractivity contribution in [1.29, 1.82) is 0 Å². The largest absolute Gasteiger partial charge is 0.247 e. The van der Waals surface area contributed by atoms with Crippen LogP contribution in [0.2, 0.25) is 0 Å². The van der Waals surface area contributed by atoms with Crippen LogP contribution < -0.4 is 0 Å². The number of hydrogen-bond donors (Lipinski definition) is 0. The number of allylic oxidation sites excluding steroid dienone is 8. The number of rotatable bonds is 3. The van der Waals surface area contributed by atoms with Crippen LogP contribution in [0.3, 0.4) is 0 Å². The maximum atomic E-state index is 5.32. The fourth-order valence-electron chi connectivity index (χ4n) is 8.30. The van der Waals surface area contributed by atoms with Gasteiger partial charge in [0.2, 0.25) is 0 Å². The normalized spacial score (nSPS) is 17.2. The molecule has 10 rings (SSSR count). The first-order valence-electron chi connectivity index (χ1n) is 17.2. The summed E-state index contributed by atoms with van der Waals surface area (Å²) >= 11 is 0. The molecule has 2 aliphatic carbocycles. The van der Waals surface area contributed by atoms with Gasteiger partial charge in [0.15, 0.2) is 0 Å². The van der Waals surface area contributed by atoms with Gasteiger partial charge in [-0.3, -0.25) is 0 Å². The lowest BCUT2D eigenvalue weighted by atomic mass is 9.69. The molecule has 1 heteroatoms. The van der Waals surface area contributed by atoms with Crippen LogP contribution >= 0.6 is 0 Å². The van der Waals surface area contributed by atoms with Gasteiger partial charge in [0.1, 0.15) is 0 Å². The Hall–Kier alpha value is -6.05. The SMILES string of the molecule is CC12C=CC=CC1=CC=C(c1c3ccccc3c(-c3ccc4ccccc4c3)c3ccc(-c4ccc5ccc6ccccc6c5n4)cc13)C2. The number of hydrogen-bond acceptors (Lipinski definition) is 1. The van der Waals surface area contributed by atoms with Gasteiger partial charge >= 0.3 is 0 Å². The van der Waals surface area contributed by atoms with Crippen LogP contribution in [0.1, 0.15) is 18.9 Å². The zero-order chi connectivity index (χ0) is 32.5. The van der Waals surface area contributed by atoms with Gasteiger partial charge in [0.05, 0.1) is 11.2 Å². The fourth-order valence-corrected chi connectivity index (χ4v) is 8.30. The molecule has 1 nitrogen and oxygen atoms in total. The highest BCUT2D eigenvalue weighted by molar-refractivity contribution is 6.20. The minimum atomic E-state index is -0.0398. The molecule has 0 N–H and O–H groups in total. The summed E-state index contributed by atoms with van der Waals surface area (Å²) in [6, 6.07) is 48.9. The predicted octanol–water partition coefficient (Wildman–Crippen LogP) is 13.0. The van der Waals surface area contributed by atoms with E-state index in [1.807, 2.05) is 0 Å². The van der Waals surface area contributed by atoms with Crippen molar-refractivity contribution >= 4 is 59.6 Å². The van der Waals surface area contributed by atoms with Crippen molar-refractivity contribution in [3.05, 3.63) is 181 Å². The molecule has 0 bridgehead atoms. The van der Waals surface area contributed by atoms with Crippen LogP contribution in [0.15, 0.2) is 175 Å². The lowest BCUT2D eigenvalue weighted by Crippen LogP contribution is -2.20. The molecule has 0 aliphatic heterocycles. The zero-order valence-electron chi connectivity index (χ0n) is 27.3. The van der Waals surface area contributed by atoms with E-state index >= 15 is 0 Å². The van der Waals surface area contributed by atoms with Crippen molar-refractivity contribution < 1.29 is 0 Å². The minimum Gasteiger partial charge on any atom is -0.247 e. The molecule has 8 aromatic rings. The third kappa shape index (κ3) is 4.43. The van der Waals surface area contributed by atoms with Gasteiger partial charge < -0.3 is 0 Å². The van der Waals surface area contributed by atoms with Crippen molar-refractivity contribution in [3.8, 4) is 22.4 Å². The van der Waals surface area contributed by atoms with Crippen LogP contribution in [0.5, 0.6) is 0 Å². The van der Waals surface area contributed by atoms with Crippen LogP contribution in [-0.2, 0) is 0 Å². The van der Waals surface area contributed by atoms with E-state index in [4.69, 9.17) is 4.98 Å². The zero-order valence-corrected chi connectivity index (χ0v) is 27.3. The highest BCUT2D eigenvalue weighted by atomic mass is 14.7. The smallest absolute Gasteiger partial charge is 0.0787 e. The van der Waals surface area contributed by atoms with Crippen LogP contribution in [0.4, 0.5) is 0 Å². The van der Waals surface area contributed by atoms with Crippen molar-refractivity contribution in [3.63, 3.8) is 0 Å². The monoisotopic (exact) mass is 623 g/mol. The molecule has 0 radical (unpaired) electrons. The Labute approximate surface area is 285 Å². The average Bonchev–Trinajstić information content (AvgIpc) is 3.15. The molecule has 7 aromatic carbocycles. The summed E-state index contributed by atoms with van der Waals surface area (Å²) < 4.78 is 0. The second-order valence-corrected chi connectivity index (χ2v) is 13.8. The Morgan fingerprint density at radius 3 is 2.06 bits per heavy atom. The van der Waals surface area contributed by atoms with Crippen molar-refractivity contribution in [2.45, 2.75) is 13.3 Å². The average molecular weight is 624 g/mol. The maximum Gasteiger partial charge on any atom is 0.0787 e. The molecular formula is C48H33N. The number of fused-ring (bicyclic) bond motifs is 7. The molecule has 49 heavy (non-hydrogen) atoms. The summed E-state index contributed by atoms with van der Waals surface area (Å²) in [6.07, 6.45) is 14.6. The highest BCUT2D eigenvalue weighted by Gasteiger charge is 2.31. The molecule has 2 aliphatic rings. The Morgan fingerprint density at radius 2 is 1.18 bits per heavy atom. The lowest BCUT2D eigenvalue weighted by Gasteiger charge is -2.34. The second-order valence-electron chi connectivity index (χ2n) is 13.8. The number of benzene rings is 7. The topological polar surface area (TPSA) is 12.9 Å². The van der Waals surface area contributed by atoms with Gasteiger partial charge in [-0.2, -0.15) is 0 Å². The number of aromatic nitrogens is 1. The molecule has 0 fully saturated rings. The van der Waals surface area contributed by atoms with Crippen molar-refractivity contribution in [2.24, 2.45) is 5.41 Å². The molecule has 1 heterocycles. The van der Waals surface area contributed by atoms with E-state index in [1.54, 1.807) is 0 Å². The third-order valence-electron chi connectivity index (χ3n) is 10.8. The first-order chi connectivity index (χ1) is 24.1. The second kappa shape index (κ2) is 10.7. The van der Waals surface area contributed by atoms with E-state index in [0.717, 1.165) is 28.6 Å². The molecule has 1 unspecified atom stereocenters. The van der Waals surface area contributed by atoms with E-state index in [1.165, 1.54) is 70.9 Å². The van der Waals surface area contributed by atoms with Gasteiger partial charge in [-0.15, -0.1) is 0 Å². The van der Waals surface area contributed by atoms with Crippen molar-refractivity contribution in [1.82, 2.24) is 4.98 Å². The number of nitrogens with zero attached hydrogens (tertiary/aromatic N) is 1. The van der Waals surface area contributed by atoms with E-state index in [-0.39, 0.29) is 5.41 Å². The fraction of sp³-hybridized carbons (Fsp3) is 0.0625. The Kier molecular flexibility index (Phi) is 6.14. The summed E-state index contributed by atoms with van der Waals surface area (Å²) in [5.41, 5.74) is 9.70. The van der Waals surface area contributed by atoms with Gasteiger partial charge in [0, 0.05) is 21.8 Å². The number of pyridine rings is 1. The highest BCUT2D eigenvalue weighted by Crippen LogP contribution is 2.49. The molecule has 230 valence electrons. The summed E-state index contributed by atoms with van der Waals surface area (Å²) in [6.45, 7) is 2.37. The molecule has 1 atom stereocenters. The van der Waals surface area contributed by atoms with Gasteiger partial charge in [-0.1, -0.05) is 159 Å². The van der Waals surface area contributed by atoms with Crippen LogP contribution in [-0.4, -0.2) is 4.98 Å². The predicted molar refractivity (Wildman–Crippen MR) is 210 cm³/mol. The molecule has 1 aromatic heterocycles. The van der Waals surface area contributed by atoms with E-state index in [9.17, 15) is 0 Å². The minimum absolute atomic E-state index is 0.0398.